The molecule has 0 radical (unpaired) electrons. The van der Waals surface area contributed by atoms with Gasteiger partial charge in [-0.15, -0.1) is 0 Å². The van der Waals surface area contributed by atoms with Crippen LogP contribution < -0.4 is 15.2 Å². The third-order valence-corrected chi connectivity index (χ3v) is 4.90. The summed E-state index contributed by atoms with van der Waals surface area (Å²) in [5.41, 5.74) is 6.84. The van der Waals surface area contributed by atoms with Gasteiger partial charge < -0.3 is 15.2 Å². The first-order valence-electron chi connectivity index (χ1n) is 6.37. The van der Waals surface area contributed by atoms with Crippen LogP contribution in [-0.4, -0.2) is 33.1 Å². The maximum Gasteiger partial charge on any atom is 0.150 e. The van der Waals surface area contributed by atoms with Crippen molar-refractivity contribution in [2.75, 3.05) is 24.7 Å². The van der Waals surface area contributed by atoms with Crippen molar-refractivity contribution in [1.29, 1.82) is 0 Å². The fourth-order valence-electron chi connectivity index (χ4n) is 1.92. The van der Waals surface area contributed by atoms with E-state index in [2.05, 4.69) is 0 Å². The van der Waals surface area contributed by atoms with E-state index in [1.807, 2.05) is 12.1 Å². The largest absolute Gasteiger partial charge is 0.493 e. The van der Waals surface area contributed by atoms with Crippen LogP contribution in [0.1, 0.15) is 24.9 Å². The van der Waals surface area contributed by atoms with Gasteiger partial charge in [-0.3, -0.25) is 0 Å². The molecule has 0 saturated heterocycles. The molecule has 1 aliphatic heterocycles. The molecular formula is C13H19NO4S. The summed E-state index contributed by atoms with van der Waals surface area (Å²) in [6, 6.07) is 5.46. The molecule has 1 unspecified atom stereocenters. The Morgan fingerprint density at radius 2 is 2.26 bits per heavy atom. The minimum absolute atomic E-state index is 0.0706. The van der Waals surface area contributed by atoms with Crippen molar-refractivity contribution in [3.8, 4) is 11.5 Å². The van der Waals surface area contributed by atoms with E-state index in [9.17, 15) is 8.42 Å². The third-order valence-electron chi connectivity index (χ3n) is 3.11. The van der Waals surface area contributed by atoms with Crippen LogP contribution in [0.2, 0.25) is 0 Å². The number of sulfone groups is 1. The molecule has 2 N–H and O–H groups in total. The lowest BCUT2D eigenvalue weighted by atomic mass is 10.1. The maximum atomic E-state index is 11.3. The average Bonchev–Trinajstić information content (AvgIpc) is 2.76. The van der Waals surface area contributed by atoms with E-state index in [1.54, 1.807) is 13.0 Å². The zero-order valence-corrected chi connectivity index (χ0v) is 11.8. The summed E-state index contributed by atoms with van der Waals surface area (Å²) in [6.45, 7) is 2.52. The van der Waals surface area contributed by atoms with Crippen LogP contribution in [0, 0.1) is 0 Å². The van der Waals surface area contributed by atoms with E-state index < -0.39 is 9.84 Å². The van der Waals surface area contributed by atoms with Crippen LogP contribution in [0.15, 0.2) is 18.2 Å². The predicted octanol–water partition coefficient (Wildman–Crippen LogP) is 1.28. The molecule has 5 nitrogen and oxygen atoms in total. The number of rotatable bonds is 6. The zero-order valence-electron chi connectivity index (χ0n) is 11.0. The van der Waals surface area contributed by atoms with Crippen LogP contribution in [0.5, 0.6) is 11.5 Å². The number of hydrogen-bond donors (Lipinski definition) is 1. The molecule has 1 aromatic rings. The Balaban J connectivity index is 1.85. The van der Waals surface area contributed by atoms with Crippen LogP contribution >= 0.6 is 0 Å². The fraction of sp³-hybridized carbons (Fsp3) is 0.538. The predicted molar refractivity (Wildman–Crippen MR) is 73.3 cm³/mol. The van der Waals surface area contributed by atoms with Gasteiger partial charge in [0.15, 0.2) is 0 Å². The van der Waals surface area contributed by atoms with Gasteiger partial charge in [0.2, 0.25) is 0 Å². The molecule has 19 heavy (non-hydrogen) atoms. The van der Waals surface area contributed by atoms with Gasteiger partial charge in [0.1, 0.15) is 27.9 Å². The number of ether oxygens (including phenoxy) is 2. The molecule has 0 spiro atoms. The van der Waals surface area contributed by atoms with Gasteiger partial charge >= 0.3 is 0 Å². The molecule has 0 bridgehead atoms. The summed E-state index contributed by atoms with van der Waals surface area (Å²) in [5.74, 6) is 1.78. The van der Waals surface area contributed by atoms with Gasteiger partial charge in [-0.25, -0.2) is 8.42 Å². The second kappa shape index (κ2) is 5.79. The molecule has 0 aromatic heterocycles. The molecule has 6 heteroatoms. The molecule has 1 atom stereocenters. The van der Waals surface area contributed by atoms with Gasteiger partial charge in [0.25, 0.3) is 0 Å². The number of nitrogens with two attached hydrogens (primary N) is 1. The Labute approximate surface area is 113 Å². The van der Waals surface area contributed by atoms with E-state index in [1.165, 1.54) is 0 Å². The van der Waals surface area contributed by atoms with Crippen LogP contribution in [-0.2, 0) is 9.84 Å². The van der Waals surface area contributed by atoms with Gasteiger partial charge in [0, 0.05) is 17.4 Å². The molecule has 1 heterocycles. The number of hydrogen-bond acceptors (Lipinski definition) is 5. The highest BCUT2D eigenvalue weighted by Crippen LogP contribution is 2.33. The van der Waals surface area contributed by atoms with Gasteiger partial charge in [-0.1, -0.05) is 6.92 Å². The summed E-state index contributed by atoms with van der Waals surface area (Å²) < 4.78 is 33.6. The minimum Gasteiger partial charge on any atom is -0.493 e. The first-order valence-corrected chi connectivity index (χ1v) is 8.19. The highest BCUT2D eigenvalue weighted by Gasteiger charge is 2.20. The van der Waals surface area contributed by atoms with E-state index in [-0.39, 0.29) is 17.5 Å². The second-order valence-corrected chi connectivity index (χ2v) is 7.03. The van der Waals surface area contributed by atoms with Gasteiger partial charge in [-0.2, -0.15) is 0 Å². The lowest BCUT2D eigenvalue weighted by Gasteiger charge is -2.08. The standard InChI is InChI=1S/C13H19NO4S/c1-2-19(15,16)7-3-6-17-10-4-5-11-12(14)9-18-13(11)8-10/h4-5,8,12H,2-3,6-7,9,14H2,1H3. The summed E-state index contributed by atoms with van der Waals surface area (Å²) >= 11 is 0. The number of benzene rings is 1. The lowest BCUT2D eigenvalue weighted by molar-refractivity contribution is 0.310. The van der Waals surface area contributed by atoms with Crippen molar-refractivity contribution in [3.05, 3.63) is 23.8 Å². The number of fused-ring (bicyclic) bond motifs is 1. The molecular weight excluding hydrogens is 266 g/mol. The Morgan fingerprint density at radius 3 is 3.00 bits per heavy atom. The van der Waals surface area contributed by atoms with Crippen molar-refractivity contribution in [2.24, 2.45) is 5.73 Å². The molecule has 0 fully saturated rings. The van der Waals surface area contributed by atoms with E-state index >= 15 is 0 Å². The Kier molecular flexibility index (Phi) is 4.31. The molecule has 0 aliphatic carbocycles. The van der Waals surface area contributed by atoms with Crippen molar-refractivity contribution < 1.29 is 17.9 Å². The van der Waals surface area contributed by atoms with Crippen LogP contribution in [0.3, 0.4) is 0 Å². The van der Waals surface area contributed by atoms with E-state index in [4.69, 9.17) is 15.2 Å². The van der Waals surface area contributed by atoms with Crippen LogP contribution in [0.25, 0.3) is 0 Å². The van der Waals surface area contributed by atoms with E-state index in [0.29, 0.717) is 25.4 Å². The fourth-order valence-corrected chi connectivity index (χ4v) is 2.76. The summed E-state index contributed by atoms with van der Waals surface area (Å²) in [6.07, 6.45) is 0.494. The third kappa shape index (κ3) is 3.61. The molecule has 1 aliphatic rings. The molecule has 2 rings (SSSR count). The highest BCUT2D eigenvalue weighted by molar-refractivity contribution is 7.91. The van der Waals surface area contributed by atoms with Crippen molar-refractivity contribution in [1.82, 2.24) is 0 Å². The summed E-state index contributed by atoms with van der Waals surface area (Å²) in [7, 11) is -2.91. The average molecular weight is 285 g/mol. The SMILES string of the molecule is CCS(=O)(=O)CCCOc1ccc2c(c1)OCC2N. The highest BCUT2D eigenvalue weighted by atomic mass is 32.2. The van der Waals surface area contributed by atoms with Gasteiger partial charge in [-0.05, 0) is 18.6 Å². The topological polar surface area (TPSA) is 78.6 Å². The monoisotopic (exact) mass is 285 g/mol. The van der Waals surface area contributed by atoms with Gasteiger partial charge in [0.05, 0.1) is 18.4 Å². The summed E-state index contributed by atoms with van der Waals surface area (Å²) in [5, 5.41) is 0. The van der Waals surface area contributed by atoms with Crippen molar-refractivity contribution in [2.45, 2.75) is 19.4 Å². The Bertz CT molecular complexity index is 542. The molecule has 0 saturated carbocycles. The summed E-state index contributed by atoms with van der Waals surface area (Å²) in [4.78, 5) is 0. The normalized spacial score (nSPS) is 17.9. The van der Waals surface area contributed by atoms with Crippen molar-refractivity contribution >= 4 is 9.84 Å². The minimum atomic E-state index is -2.91. The first-order chi connectivity index (χ1) is 9.02. The second-order valence-electron chi connectivity index (χ2n) is 4.56. The quantitative estimate of drug-likeness (QED) is 0.797. The van der Waals surface area contributed by atoms with Crippen molar-refractivity contribution in [3.63, 3.8) is 0 Å². The maximum absolute atomic E-state index is 11.3. The first kappa shape index (κ1) is 14.1. The molecule has 0 amide bonds. The lowest BCUT2D eigenvalue weighted by Crippen LogP contribution is -2.11. The smallest absolute Gasteiger partial charge is 0.150 e. The Hall–Kier alpha value is -1.27. The van der Waals surface area contributed by atoms with Crippen LogP contribution in [0.4, 0.5) is 0 Å². The molecule has 106 valence electrons. The Morgan fingerprint density at radius 1 is 1.47 bits per heavy atom. The van der Waals surface area contributed by atoms with E-state index in [0.717, 1.165) is 11.3 Å². The molecule has 1 aromatic carbocycles. The zero-order chi connectivity index (χ0) is 13.9.